The number of hydrogen-bond donors (Lipinski definition) is 1. The predicted molar refractivity (Wildman–Crippen MR) is 69.2 cm³/mol. The van der Waals surface area contributed by atoms with Gasteiger partial charge in [-0.1, -0.05) is 24.3 Å². The van der Waals surface area contributed by atoms with Crippen molar-refractivity contribution in [2.45, 2.75) is 31.3 Å². The van der Waals surface area contributed by atoms with Crippen LogP contribution in [0.2, 0.25) is 0 Å². The van der Waals surface area contributed by atoms with Crippen LogP contribution in [0.3, 0.4) is 0 Å². The molecular weight excluding hydrogens is 224 g/mol. The quantitative estimate of drug-likeness (QED) is 0.796. The highest BCUT2D eigenvalue weighted by atomic mass is 16.2. The van der Waals surface area contributed by atoms with Gasteiger partial charge in [0.25, 0.3) is 0 Å². The summed E-state index contributed by atoms with van der Waals surface area (Å²) in [4.78, 5) is 14.8. The summed E-state index contributed by atoms with van der Waals surface area (Å²) >= 11 is 0. The number of rotatable bonds is 1. The van der Waals surface area contributed by atoms with E-state index in [0.717, 1.165) is 25.9 Å². The summed E-state index contributed by atoms with van der Waals surface area (Å²) in [6.07, 6.45) is 3.09. The highest BCUT2D eigenvalue weighted by molar-refractivity contribution is 5.82. The normalized spacial score (nSPS) is 29.9. The maximum absolute atomic E-state index is 12.6. The Labute approximate surface area is 107 Å². The minimum absolute atomic E-state index is 0.200. The second-order valence-corrected chi connectivity index (χ2v) is 5.82. The van der Waals surface area contributed by atoms with Crippen LogP contribution >= 0.6 is 0 Å². The van der Waals surface area contributed by atoms with Crippen LogP contribution in [0.25, 0.3) is 0 Å². The molecule has 1 aromatic carbocycles. The zero-order valence-electron chi connectivity index (χ0n) is 10.4. The molecule has 2 fully saturated rings. The zero-order valence-corrected chi connectivity index (χ0v) is 10.4. The monoisotopic (exact) mass is 242 g/mol. The summed E-state index contributed by atoms with van der Waals surface area (Å²) in [7, 11) is 0. The molecule has 94 valence electrons. The lowest BCUT2D eigenvalue weighted by Gasteiger charge is -2.53. The molecule has 4 rings (SSSR count). The lowest BCUT2D eigenvalue weighted by molar-refractivity contribution is -0.151. The number of nitrogens with one attached hydrogen (secondary N) is 1. The predicted octanol–water partition coefficient (Wildman–Crippen LogP) is 0.974. The number of nitrogens with zero attached hydrogens (tertiary/aromatic N) is 1. The molecule has 0 radical (unpaired) electrons. The molecule has 2 saturated heterocycles. The molecule has 2 atom stereocenters. The minimum Gasteiger partial charge on any atom is -0.334 e. The van der Waals surface area contributed by atoms with Crippen molar-refractivity contribution >= 4 is 5.91 Å². The van der Waals surface area contributed by atoms with Gasteiger partial charge in [-0.15, -0.1) is 0 Å². The van der Waals surface area contributed by atoms with Crippen molar-refractivity contribution in [1.82, 2.24) is 10.2 Å². The smallest absolute Gasteiger partial charge is 0.226 e. The second-order valence-electron chi connectivity index (χ2n) is 5.82. The molecule has 18 heavy (non-hydrogen) atoms. The average Bonchev–Trinajstić information content (AvgIpc) is 2.83. The molecule has 1 aromatic rings. The largest absolute Gasteiger partial charge is 0.334 e. The number of carbonyl (C=O) groups excluding carboxylic acids is 1. The maximum atomic E-state index is 12.6. The summed E-state index contributed by atoms with van der Waals surface area (Å²) < 4.78 is 0. The van der Waals surface area contributed by atoms with Crippen LogP contribution < -0.4 is 5.32 Å². The first kappa shape index (κ1) is 10.6. The average molecular weight is 242 g/mol. The Kier molecular flexibility index (Phi) is 2.24. The van der Waals surface area contributed by atoms with Gasteiger partial charge in [0.2, 0.25) is 5.91 Å². The Morgan fingerprint density at radius 1 is 1.11 bits per heavy atom. The van der Waals surface area contributed by atoms with E-state index in [1.807, 2.05) is 0 Å². The third-order valence-electron chi connectivity index (χ3n) is 4.75. The van der Waals surface area contributed by atoms with Crippen molar-refractivity contribution in [2.75, 3.05) is 13.1 Å². The lowest BCUT2D eigenvalue weighted by Crippen LogP contribution is -2.70. The Bertz CT molecular complexity index is 460. The van der Waals surface area contributed by atoms with E-state index in [4.69, 9.17) is 0 Å². The van der Waals surface area contributed by atoms with Crippen LogP contribution in [0.4, 0.5) is 0 Å². The van der Waals surface area contributed by atoms with Crippen LogP contribution in [0.15, 0.2) is 24.3 Å². The fourth-order valence-corrected chi connectivity index (χ4v) is 3.79. The number of benzene rings is 1. The Morgan fingerprint density at radius 3 is 2.28 bits per heavy atom. The first-order valence-electron chi connectivity index (χ1n) is 6.92. The third kappa shape index (κ3) is 1.43. The number of amides is 1. The van der Waals surface area contributed by atoms with E-state index >= 15 is 0 Å². The van der Waals surface area contributed by atoms with Crippen LogP contribution in [0, 0.1) is 5.92 Å². The molecule has 2 unspecified atom stereocenters. The lowest BCUT2D eigenvalue weighted by atomic mass is 9.86. The van der Waals surface area contributed by atoms with Crippen molar-refractivity contribution in [3.8, 4) is 0 Å². The van der Waals surface area contributed by atoms with E-state index in [1.54, 1.807) is 0 Å². The van der Waals surface area contributed by atoms with Crippen LogP contribution in [-0.4, -0.2) is 36.0 Å². The molecule has 1 aliphatic carbocycles. The van der Waals surface area contributed by atoms with Crippen molar-refractivity contribution < 1.29 is 4.79 Å². The maximum Gasteiger partial charge on any atom is 0.226 e. The Balaban J connectivity index is 1.51. The van der Waals surface area contributed by atoms with Crippen LogP contribution in [-0.2, 0) is 17.6 Å². The van der Waals surface area contributed by atoms with E-state index in [9.17, 15) is 4.79 Å². The van der Waals surface area contributed by atoms with Gasteiger partial charge in [-0.05, 0) is 30.4 Å². The molecule has 2 aliphatic heterocycles. The standard InChI is InChI=1S/C15H18N2O/c18-15(17-13-7-14(17)9-16-8-13)12-5-10-3-1-2-4-11(10)6-12/h1-4,12-14,16H,5-9H2. The van der Waals surface area contributed by atoms with E-state index in [2.05, 4.69) is 34.5 Å². The number of hydrogen-bond acceptors (Lipinski definition) is 2. The molecule has 0 aromatic heterocycles. The summed E-state index contributed by atoms with van der Waals surface area (Å²) in [5, 5.41) is 3.38. The number of carbonyl (C=O) groups is 1. The number of piperidine rings is 1. The van der Waals surface area contributed by atoms with Crippen molar-refractivity contribution in [1.29, 1.82) is 0 Å². The first-order chi connectivity index (χ1) is 8.83. The highest BCUT2D eigenvalue weighted by Crippen LogP contribution is 2.34. The van der Waals surface area contributed by atoms with Gasteiger partial charge in [0.15, 0.2) is 0 Å². The van der Waals surface area contributed by atoms with Gasteiger partial charge in [-0.3, -0.25) is 4.79 Å². The number of piperazine rings is 1. The minimum atomic E-state index is 0.200. The summed E-state index contributed by atoms with van der Waals surface area (Å²) in [5.41, 5.74) is 2.75. The molecule has 3 nitrogen and oxygen atoms in total. The molecule has 2 bridgehead atoms. The van der Waals surface area contributed by atoms with Crippen molar-refractivity contribution in [3.05, 3.63) is 35.4 Å². The zero-order chi connectivity index (χ0) is 12.1. The molecule has 3 aliphatic rings. The van der Waals surface area contributed by atoms with Crippen molar-refractivity contribution in [3.63, 3.8) is 0 Å². The van der Waals surface area contributed by atoms with Gasteiger partial charge in [-0.25, -0.2) is 0 Å². The molecular formula is C15H18N2O. The summed E-state index contributed by atoms with van der Waals surface area (Å²) in [5.74, 6) is 0.597. The van der Waals surface area contributed by atoms with Crippen LogP contribution in [0.1, 0.15) is 17.5 Å². The van der Waals surface area contributed by atoms with Gasteiger partial charge in [-0.2, -0.15) is 0 Å². The Morgan fingerprint density at radius 2 is 1.72 bits per heavy atom. The van der Waals surface area contributed by atoms with E-state index in [0.29, 0.717) is 18.0 Å². The molecule has 1 amide bonds. The van der Waals surface area contributed by atoms with Crippen molar-refractivity contribution in [2.24, 2.45) is 5.92 Å². The Hall–Kier alpha value is -1.35. The topological polar surface area (TPSA) is 32.3 Å². The molecule has 0 saturated carbocycles. The molecule has 2 heterocycles. The van der Waals surface area contributed by atoms with Crippen LogP contribution in [0.5, 0.6) is 0 Å². The SMILES string of the molecule is O=C(C1Cc2ccccc2C1)N1C2CNCC1C2. The third-order valence-corrected chi connectivity index (χ3v) is 4.75. The molecule has 1 N–H and O–H groups in total. The fourth-order valence-electron chi connectivity index (χ4n) is 3.79. The van der Waals surface area contributed by atoms with Gasteiger partial charge < -0.3 is 10.2 Å². The van der Waals surface area contributed by atoms with Gasteiger partial charge >= 0.3 is 0 Å². The first-order valence-corrected chi connectivity index (χ1v) is 6.92. The fraction of sp³-hybridized carbons (Fsp3) is 0.533. The van der Waals surface area contributed by atoms with E-state index < -0.39 is 0 Å². The van der Waals surface area contributed by atoms with Gasteiger partial charge in [0.05, 0.1) is 0 Å². The summed E-state index contributed by atoms with van der Waals surface area (Å²) in [6.45, 7) is 1.98. The summed E-state index contributed by atoms with van der Waals surface area (Å²) in [6, 6.07) is 9.43. The van der Waals surface area contributed by atoms with E-state index in [-0.39, 0.29) is 5.92 Å². The number of fused-ring (bicyclic) bond motifs is 3. The molecule has 3 heteroatoms. The highest BCUT2D eigenvalue weighted by Gasteiger charge is 2.46. The second kappa shape index (κ2) is 3.82. The van der Waals surface area contributed by atoms with Gasteiger partial charge in [0.1, 0.15) is 0 Å². The van der Waals surface area contributed by atoms with Gasteiger partial charge in [0, 0.05) is 31.1 Å². The molecule has 0 spiro atoms. The van der Waals surface area contributed by atoms with E-state index in [1.165, 1.54) is 17.5 Å².